The van der Waals surface area contributed by atoms with E-state index in [4.69, 9.17) is 4.74 Å². The first kappa shape index (κ1) is 16.9. The van der Waals surface area contributed by atoms with Crippen LogP contribution in [0.25, 0.3) is 0 Å². The number of rotatable bonds is 9. The zero-order valence-electron chi connectivity index (χ0n) is 13.6. The van der Waals surface area contributed by atoms with Gasteiger partial charge in [-0.15, -0.1) is 11.3 Å². The predicted molar refractivity (Wildman–Crippen MR) is 90.9 cm³/mol. The van der Waals surface area contributed by atoms with Crippen LogP contribution in [-0.2, 0) is 11.3 Å². The predicted octanol–water partition coefficient (Wildman–Crippen LogP) is 3.37. The molecule has 0 aliphatic carbocycles. The minimum Gasteiger partial charge on any atom is -0.381 e. The Balaban J connectivity index is 1.94. The normalized spacial score (nSPS) is 18.2. The van der Waals surface area contributed by atoms with E-state index in [2.05, 4.69) is 41.6 Å². The molecule has 1 aromatic heterocycles. The Morgan fingerprint density at radius 1 is 1.33 bits per heavy atom. The van der Waals surface area contributed by atoms with Gasteiger partial charge in [0, 0.05) is 37.7 Å². The minimum absolute atomic E-state index is 0.390. The molecule has 2 rings (SSSR count). The van der Waals surface area contributed by atoms with Gasteiger partial charge in [0.25, 0.3) is 0 Å². The van der Waals surface area contributed by atoms with Crippen molar-refractivity contribution in [2.75, 3.05) is 39.4 Å². The summed E-state index contributed by atoms with van der Waals surface area (Å²) in [5.41, 5.74) is 0.390. The second-order valence-corrected chi connectivity index (χ2v) is 7.20. The molecule has 0 aromatic carbocycles. The van der Waals surface area contributed by atoms with Crippen LogP contribution < -0.4 is 5.32 Å². The van der Waals surface area contributed by atoms with Gasteiger partial charge < -0.3 is 10.1 Å². The molecule has 0 bridgehead atoms. The van der Waals surface area contributed by atoms with Crippen molar-refractivity contribution in [3.05, 3.63) is 22.4 Å². The first-order chi connectivity index (χ1) is 10.3. The van der Waals surface area contributed by atoms with E-state index in [0.29, 0.717) is 5.41 Å². The lowest BCUT2D eigenvalue weighted by Gasteiger charge is -2.41. The fourth-order valence-electron chi connectivity index (χ4n) is 3.10. The highest BCUT2D eigenvalue weighted by Crippen LogP contribution is 2.31. The van der Waals surface area contributed by atoms with Crippen molar-refractivity contribution in [2.45, 2.75) is 39.7 Å². The van der Waals surface area contributed by atoms with Crippen LogP contribution in [0.2, 0.25) is 0 Å². The molecule has 0 saturated carbocycles. The summed E-state index contributed by atoms with van der Waals surface area (Å²) in [7, 11) is 0. The smallest absolute Gasteiger partial charge is 0.0472 e. The summed E-state index contributed by atoms with van der Waals surface area (Å²) in [5, 5.41) is 5.83. The first-order valence-corrected chi connectivity index (χ1v) is 9.19. The van der Waals surface area contributed by atoms with Crippen molar-refractivity contribution in [3.8, 4) is 0 Å². The van der Waals surface area contributed by atoms with Crippen LogP contribution in [0, 0.1) is 5.41 Å². The zero-order chi connectivity index (χ0) is 15.0. The van der Waals surface area contributed by atoms with Gasteiger partial charge in [0.2, 0.25) is 0 Å². The molecule has 1 saturated heterocycles. The fourth-order valence-corrected chi connectivity index (χ4v) is 3.85. The third-order valence-electron chi connectivity index (χ3n) is 4.45. The maximum atomic E-state index is 5.61. The molecule has 0 amide bonds. The van der Waals surface area contributed by atoms with E-state index < -0.39 is 0 Å². The van der Waals surface area contributed by atoms with Crippen molar-refractivity contribution in [3.63, 3.8) is 0 Å². The summed E-state index contributed by atoms with van der Waals surface area (Å²) in [6.45, 7) is 12.0. The van der Waals surface area contributed by atoms with Crippen LogP contribution in [0.15, 0.2) is 17.5 Å². The van der Waals surface area contributed by atoms with Crippen LogP contribution in [0.3, 0.4) is 0 Å². The number of hydrogen-bond donors (Lipinski definition) is 1. The highest BCUT2D eigenvalue weighted by molar-refractivity contribution is 7.09. The lowest BCUT2D eigenvalue weighted by molar-refractivity contribution is -0.00472. The molecule has 0 radical (unpaired) electrons. The Morgan fingerprint density at radius 2 is 2.14 bits per heavy atom. The lowest BCUT2D eigenvalue weighted by Crippen LogP contribution is -2.47. The molecular weight excluding hydrogens is 280 g/mol. The van der Waals surface area contributed by atoms with Crippen molar-refractivity contribution in [1.29, 1.82) is 0 Å². The van der Waals surface area contributed by atoms with E-state index in [1.165, 1.54) is 30.7 Å². The number of thiophene rings is 1. The van der Waals surface area contributed by atoms with E-state index >= 15 is 0 Å². The molecule has 1 aromatic rings. The van der Waals surface area contributed by atoms with Gasteiger partial charge in [0.05, 0.1) is 0 Å². The molecule has 21 heavy (non-hydrogen) atoms. The van der Waals surface area contributed by atoms with Crippen LogP contribution >= 0.6 is 11.3 Å². The number of ether oxygens (including phenoxy) is 1. The van der Waals surface area contributed by atoms with Crippen LogP contribution in [0.5, 0.6) is 0 Å². The summed E-state index contributed by atoms with van der Waals surface area (Å²) in [4.78, 5) is 4.07. The molecule has 0 spiro atoms. The van der Waals surface area contributed by atoms with Gasteiger partial charge in [-0.1, -0.05) is 19.9 Å². The maximum absolute atomic E-state index is 5.61. The Bertz CT molecular complexity index is 374. The van der Waals surface area contributed by atoms with E-state index in [-0.39, 0.29) is 0 Å². The van der Waals surface area contributed by atoms with Crippen molar-refractivity contribution in [1.82, 2.24) is 10.2 Å². The lowest BCUT2D eigenvalue weighted by atomic mass is 9.79. The van der Waals surface area contributed by atoms with Gasteiger partial charge in [-0.2, -0.15) is 0 Å². The monoisotopic (exact) mass is 310 g/mol. The van der Waals surface area contributed by atoms with E-state index in [1.807, 2.05) is 11.3 Å². The highest BCUT2D eigenvalue weighted by atomic mass is 32.1. The molecule has 0 atom stereocenters. The van der Waals surface area contributed by atoms with E-state index in [1.54, 1.807) is 0 Å². The third-order valence-corrected chi connectivity index (χ3v) is 5.31. The van der Waals surface area contributed by atoms with Crippen LogP contribution in [0.4, 0.5) is 0 Å². The first-order valence-electron chi connectivity index (χ1n) is 8.31. The topological polar surface area (TPSA) is 24.5 Å². The van der Waals surface area contributed by atoms with Crippen molar-refractivity contribution < 1.29 is 4.74 Å². The Kier molecular flexibility index (Phi) is 7.17. The molecule has 1 aliphatic rings. The summed E-state index contributed by atoms with van der Waals surface area (Å²) in [6, 6.07) is 4.40. The Morgan fingerprint density at radius 3 is 2.76 bits per heavy atom. The van der Waals surface area contributed by atoms with Gasteiger partial charge in [0.15, 0.2) is 0 Å². The van der Waals surface area contributed by atoms with E-state index in [9.17, 15) is 0 Å². The molecule has 3 nitrogen and oxygen atoms in total. The van der Waals surface area contributed by atoms with Crippen LogP contribution in [-0.4, -0.2) is 44.3 Å². The molecule has 1 fully saturated rings. The summed E-state index contributed by atoms with van der Waals surface area (Å²) < 4.78 is 5.61. The quantitative estimate of drug-likeness (QED) is 0.708. The molecule has 0 unspecified atom stereocenters. The largest absolute Gasteiger partial charge is 0.381 e. The van der Waals surface area contributed by atoms with Gasteiger partial charge in [0.1, 0.15) is 0 Å². The van der Waals surface area contributed by atoms with Crippen molar-refractivity contribution in [2.24, 2.45) is 5.41 Å². The second kappa shape index (κ2) is 8.89. The summed E-state index contributed by atoms with van der Waals surface area (Å²) >= 11 is 1.87. The highest BCUT2D eigenvalue weighted by Gasteiger charge is 2.33. The number of hydrogen-bond acceptors (Lipinski definition) is 4. The number of nitrogens with one attached hydrogen (secondary N) is 1. The van der Waals surface area contributed by atoms with E-state index in [0.717, 1.165) is 39.4 Å². The third kappa shape index (κ3) is 5.37. The summed E-state index contributed by atoms with van der Waals surface area (Å²) in [5.74, 6) is 0. The Labute approximate surface area is 133 Å². The minimum atomic E-state index is 0.390. The van der Waals surface area contributed by atoms with Gasteiger partial charge in [-0.05, 0) is 49.2 Å². The zero-order valence-corrected chi connectivity index (χ0v) is 14.4. The van der Waals surface area contributed by atoms with Gasteiger partial charge in [-0.25, -0.2) is 0 Å². The van der Waals surface area contributed by atoms with Gasteiger partial charge >= 0.3 is 0 Å². The average molecular weight is 311 g/mol. The molecule has 120 valence electrons. The fraction of sp³-hybridized carbons (Fsp3) is 0.765. The Hall–Kier alpha value is -0.420. The molecule has 1 N–H and O–H groups in total. The van der Waals surface area contributed by atoms with Gasteiger partial charge in [-0.3, -0.25) is 4.90 Å². The molecule has 1 aliphatic heterocycles. The molecule has 2 heterocycles. The standard InChI is InChI=1S/C17H30N2OS/c1-3-9-18-14-17(7-10-20-11-8-17)15-19(4-2)13-16-6-5-12-21-16/h5-6,12,18H,3-4,7-11,13-15H2,1-2H3. The SMILES string of the molecule is CCCNCC1(CN(CC)Cc2cccs2)CCOCC1. The molecule has 4 heteroatoms. The molecular formula is C17H30N2OS. The number of nitrogens with zero attached hydrogens (tertiary/aromatic N) is 1. The maximum Gasteiger partial charge on any atom is 0.0472 e. The van der Waals surface area contributed by atoms with Crippen LogP contribution in [0.1, 0.15) is 38.0 Å². The summed E-state index contributed by atoms with van der Waals surface area (Å²) in [6.07, 6.45) is 3.58. The average Bonchev–Trinajstić information content (AvgIpc) is 3.01. The second-order valence-electron chi connectivity index (χ2n) is 6.17. The van der Waals surface area contributed by atoms with Crippen molar-refractivity contribution >= 4 is 11.3 Å².